The molecular formula is C18H26BrN3O4. The predicted octanol–water partition coefficient (Wildman–Crippen LogP) is 3.20. The van der Waals surface area contributed by atoms with Gasteiger partial charge in [-0.2, -0.15) is 0 Å². The average molecular weight is 428 g/mol. The Morgan fingerprint density at radius 1 is 1.15 bits per heavy atom. The van der Waals surface area contributed by atoms with E-state index in [1.165, 1.54) is 0 Å². The second-order valence-corrected chi connectivity index (χ2v) is 7.67. The summed E-state index contributed by atoms with van der Waals surface area (Å²) in [7, 11) is 0. The lowest BCUT2D eigenvalue weighted by Crippen LogP contribution is -2.47. The first-order valence-corrected chi connectivity index (χ1v) is 9.22. The highest BCUT2D eigenvalue weighted by Gasteiger charge is 2.25. The standard InChI is InChI=1S/C18H26BrN3O4/c1-5-6-14(16(24)26-18(2,3)4)22-15(23)11-20-17(25)21-13-9-7-12(19)8-10-13/h7-10,14H,5-6,11H2,1-4H3,(H,22,23)(H2,20,21,25). The quantitative estimate of drug-likeness (QED) is 0.582. The van der Waals surface area contributed by atoms with Crippen molar-refractivity contribution in [2.75, 3.05) is 11.9 Å². The van der Waals surface area contributed by atoms with Gasteiger partial charge in [0.25, 0.3) is 0 Å². The molecule has 0 radical (unpaired) electrons. The lowest BCUT2D eigenvalue weighted by atomic mass is 10.1. The van der Waals surface area contributed by atoms with Crippen molar-refractivity contribution in [2.45, 2.75) is 52.2 Å². The zero-order chi connectivity index (χ0) is 19.7. The van der Waals surface area contributed by atoms with Gasteiger partial charge < -0.3 is 20.7 Å². The van der Waals surface area contributed by atoms with Crippen molar-refractivity contribution in [3.8, 4) is 0 Å². The zero-order valence-corrected chi connectivity index (χ0v) is 17.1. The van der Waals surface area contributed by atoms with Crippen molar-refractivity contribution < 1.29 is 19.1 Å². The molecule has 0 heterocycles. The molecule has 0 aromatic heterocycles. The smallest absolute Gasteiger partial charge is 0.329 e. The molecule has 8 heteroatoms. The van der Waals surface area contributed by atoms with Crippen molar-refractivity contribution in [3.05, 3.63) is 28.7 Å². The molecule has 0 saturated carbocycles. The molecule has 26 heavy (non-hydrogen) atoms. The molecule has 144 valence electrons. The van der Waals surface area contributed by atoms with Crippen LogP contribution in [0.5, 0.6) is 0 Å². The van der Waals surface area contributed by atoms with Gasteiger partial charge in [0.2, 0.25) is 5.91 Å². The maximum Gasteiger partial charge on any atom is 0.329 e. The van der Waals surface area contributed by atoms with E-state index in [-0.39, 0.29) is 6.54 Å². The van der Waals surface area contributed by atoms with E-state index in [0.29, 0.717) is 18.5 Å². The van der Waals surface area contributed by atoms with Gasteiger partial charge >= 0.3 is 12.0 Å². The van der Waals surface area contributed by atoms with Gasteiger partial charge in [0.15, 0.2) is 0 Å². The number of carbonyl (C=O) groups excluding carboxylic acids is 3. The topological polar surface area (TPSA) is 96.5 Å². The molecule has 0 aliphatic rings. The molecule has 0 aliphatic carbocycles. The summed E-state index contributed by atoms with van der Waals surface area (Å²) < 4.78 is 6.21. The molecule has 1 atom stereocenters. The minimum absolute atomic E-state index is 0.245. The first kappa shape index (κ1) is 22.0. The van der Waals surface area contributed by atoms with E-state index in [0.717, 1.165) is 4.47 Å². The van der Waals surface area contributed by atoms with Gasteiger partial charge in [-0.1, -0.05) is 29.3 Å². The first-order valence-electron chi connectivity index (χ1n) is 8.43. The van der Waals surface area contributed by atoms with Gasteiger partial charge in [-0.3, -0.25) is 4.79 Å². The molecule has 0 fully saturated rings. The Morgan fingerprint density at radius 3 is 2.31 bits per heavy atom. The highest BCUT2D eigenvalue weighted by Crippen LogP contribution is 2.14. The Kier molecular flexibility index (Phi) is 8.57. The van der Waals surface area contributed by atoms with Crippen LogP contribution in [0.4, 0.5) is 10.5 Å². The van der Waals surface area contributed by atoms with E-state index < -0.39 is 29.6 Å². The van der Waals surface area contributed by atoms with E-state index >= 15 is 0 Å². The Labute approximate surface area is 162 Å². The van der Waals surface area contributed by atoms with Crippen LogP contribution in [-0.2, 0) is 14.3 Å². The number of anilines is 1. The summed E-state index contributed by atoms with van der Waals surface area (Å²) in [6, 6.07) is 5.79. The minimum atomic E-state index is -0.733. The van der Waals surface area contributed by atoms with Crippen LogP contribution >= 0.6 is 15.9 Å². The zero-order valence-electron chi connectivity index (χ0n) is 15.5. The van der Waals surface area contributed by atoms with Crippen molar-refractivity contribution in [2.24, 2.45) is 0 Å². The highest BCUT2D eigenvalue weighted by molar-refractivity contribution is 9.10. The monoisotopic (exact) mass is 427 g/mol. The fourth-order valence-corrected chi connectivity index (χ4v) is 2.29. The third kappa shape index (κ3) is 8.84. The molecule has 0 spiro atoms. The molecule has 3 N–H and O–H groups in total. The number of benzene rings is 1. The van der Waals surface area contributed by atoms with Crippen LogP contribution in [0.1, 0.15) is 40.5 Å². The summed E-state index contributed by atoms with van der Waals surface area (Å²) in [6.45, 7) is 6.97. The SMILES string of the molecule is CCCC(NC(=O)CNC(=O)Nc1ccc(Br)cc1)C(=O)OC(C)(C)C. The van der Waals surface area contributed by atoms with E-state index in [1.54, 1.807) is 45.0 Å². The molecule has 0 bridgehead atoms. The van der Waals surface area contributed by atoms with E-state index in [9.17, 15) is 14.4 Å². The fourth-order valence-electron chi connectivity index (χ4n) is 2.02. The maximum atomic E-state index is 12.2. The normalized spacial score (nSPS) is 12.0. The fraction of sp³-hybridized carbons (Fsp3) is 0.500. The second-order valence-electron chi connectivity index (χ2n) is 6.76. The number of carbonyl (C=O) groups is 3. The van der Waals surface area contributed by atoms with E-state index in [1.807, 2.05) is 6.92 Å². The molecule has 7 nitrogen and oxygen atoms in total. The number of nitrogens with one attached hydrogen (secondary N) is 3. The van der Waals surface area contributed by atoms with Crippen molar-refractivity contribution in [3.63, 3.8) is 0 Å². The summed E-state index contributed by atoms with van der Waals surface area (Å²) in [5, 5.41) is 7.67. The number of hydrogen-bond acceptors (Lipinski definition) is 4. The van der Waals surface area contributed by atoms with Gasteiger partial charge in [-0.15, -0.1) is 0 Å². The van der Waals surface area contributed by atoms with Crippen LogP contribution in [0.25, 0.3) is 0 Å². The number of esters is 1. The number of amides is 3. The minimum Gasteiger partial charge on any atom is -0.458 e. The Morgan fingerprint density at radius 2 is 1.77 bits per heavy atom. The largest absolute Gasteiger partial charge is 0.458 e. The number of hydrogen-bond donors (Lipinski definition) is 3. The second kappa shape index (κ2) is 10.2. The van der Waals surface area contributed by atoms with Gasteiger partial charge in [0.1, 0.15) is 11.6 Å². The first-order chi connectivity index (χ1) is 12.1. The molecule has 1 aromatic rings. The lowest BCUT2D eigenvalue weighted by molar-refractivity contribution is -0.158. The number of ether oxygens (including phenoxy) is 1. The summed E-state index contributed by atoms with van der Waals surface area (Å²) in [5.41, 5.74) is -0.0277. The van der Waals surface area contributed by atoms with Gasteiger partial charge in [-0.25, -0.2) is 9.59 Å². The molecule has 1 rings (SSSR count). The molecule has 0 saturated heterocycles. The molecule has 1 aromatic carbocycles. The van der Waals surface area contributed by atoms with Crippen molar-refractivity contribution >= 4 is 39.5 Å². The van der Waals surface area contributed by atoms with Crippen LogP contribution in [0.15, 0.2) is 28.7 Å². The highest BCUT2D eigenvalue weighted by atomic mass is 79.9. The number of halogens is 1. The van der Waals surface area contributed by atoms with E-state index in [4.69, 9.17) is 4.74 Å². The van der Waals surface area contributed by atoms with Crippen LogP contribution < -0.4 is 16.0 Å². The number of rotatable bonds is 7. The summed E-state index contributed by atoms with van der Waals surface area (Å²) in [6.07, 6.45) is 1.17. The van der Waals surface area contributed by atoms with Gasteiger partial charge in [0, 0.05) is 10.2 Å². The van der Waals surface area contributed by atoms with E-state index in [2.05, 4.69) is 31.9 Å². The molecule has 3 amide bonds. The van der Waals surface area contributed by atoms with Crippen LogP contribution in [-0.4, -0.2) is 36.1 Å². The van der Waals surface area contributed by atoms with Gasteiger partial charge in [0.05, 0.1) is 6.54 Å². The summed E-state index contributed by atoms with van der Waals surface area (Å²) in [5.74, 6) is -0.938. The number of urea groups is 1. The van der Waals surface area contributed by atoms with Crippen LogP contribution in [0.3, 0.4) is 0 Å². The molecule has 1 unspecified atom stereocenters. The third-order valence-corrected chi connectivity index (χ3v) is 3.64. The average Bonchev–Trinajstić information content (AvgIpc) is 2.53. The molecule has 0 aliphatic heterocycles. The van der Waals surface area contributed by atoms with Crippen molar-refractivity contribution in [1.82, 2.24) is 10.6 Å². The Bertz CT molecular complexity index is 626. The molecular weight excluding hydrogens is 402 g/mol. The van der Waals surface area contributed by atoms with Crippen LogP contribution in [0, 0.1) is 0 Å². The maximum absolute atomic E-state index is 12.2. The van der Waals surface area contributed by atoms with Gasteiger partial charge in [-0.05, 0) is 51.5 Å². The summed E-state index contributed by atoms with van der Waals surface area (Å²) >= 11 is 3.31. The Hall–Kier alpha value is -2.09. The van der Waals surface area contributed by atoms with Crippen molar-refractivity contribution in [1.29, 1.82) is 0 Å². The lowest BCUT2D eigenvalue weighted by Gasteiger charge is -2.24. The third-order valence-electron chi connectivity index (χ3n) is 3.12. The summed E-state index contributed by atoms with van der Waals surface area (Å²) in [4.78, 5) is 36.0. The Balaban J connectivity index is 2.48. The predicted molar refractivity (Wildman–Crippen MR) is 104 cm³/mol. The van der Waals surface area contributed by atoms with Crippen LogP contribution in [0.2, 0.25) is 0 Å².